The van der Waals surface area contributed by atoms with E-state index >= 15 is 0 Å². The lowest BCUT2D eigenvalue weighted by molar-refractivity contribution is 0.745. The van der Waals surface area contributed by atoms with Gasteiger partial charge in [-0.05, 0) is 265 Å². The van der Waals surface area contributed by atoms with E-state index in [9.17, 15) is 0 Å². The van der Waals surface area contributed by atoms with Crippen molar-refractivity contribution in [2.75, 3.05) is 41.4 Å². The molecule has 122 heavy (non-hydrogen) atoms. The fraction of sp³-hybridized carbons (Fsp3) is 0.0909. The molecule has 23 rings (SSSR count). The van der Waals surface area contributed by atoms with Crippen LogP contribution < -0.4 is 41.4 Å². The summed E-state index contributed by atoms with van der Waals surface area (Å²) < 4.78 is 23.8. The Kier molecular flexibility index (Phi) is 18.6. The average Bonchev–Trinajstić information content (AvgIpc) is 1.47. The standard InChI is InChI=1S/C44H44N4Si.C36H28N4Si.C30H22N2/c1-29-9-17-37(18-10-29)45-41-25-33(5)34(6)26-42(41)46(38-19-11-30(2)12-20-38)49(45)47(39-21-13-31(3)14-22-39)43-27-35(7)36(8)28-44(43)48(49)40-23-15-32(4)16-24-40;1-5-17-29(18-6-1)37-33-25-13-14-26-34(33)38(30-19-7-2-8-20-30)41(37)39(31-21-9-3-10-22-31)35-27-15-16-28-36(35)40(41)32-23-11-4-12-24-32;1-3-11-21(12-4-1)31-27-18-10-8-16-25(27)29-28(31)20-19-24-23-15-7-9-17-26(23)32(30(24)29)22-13-5-2-6-14-22/h9-28H,1-8H3;1-28H;1-20,23,26H. The van der Waals surface area contributed by atoms with Gasteiger partial charge in [-0.2, -0.15) is 0 Å². The number of nitrogens with zero attached hydrogens (tertiary/aromatic N) is 10. The zero-order chi connectivity index (χ0) is 82.5. The highest BCUT2D eigenvalue weighted by Crippen LogP contribution is 2.65. The Bertz CT molecular complexity index is 6260. The lowest BCUT2D eigenvalue weighted by Crippen LogP contribution is -2.76. The van der Waals surface area contributed by atoms with Gasteiger partial charge in [-0.3, -0.25) is 0 Å². The number of aryl methyl sites for hydroxylation is 8. The molecule has 1 aromatic heterocycles. The van der Waals surface area contributed by atoms with E-state index in [1.807, 2.05) is 0 Å². The summed E-state index contributed by atoms with van der Waals surface area (Å²) in [5.74, 6) is 0.360. The number of rotatable bonds is 10. The van der Waals surface area contributed by atoms with Crippen molar-refractivity contribution in [3.05, 3.63) is 463 Å². The molecule has 10 nitrogen and oxygen atoms in total. The smallest absolute Gasteiger partial charge is 0.333 e. The minimum absolute atomic E-state index is 0.293. The number of anilines is 18. The van der Waals surface area contributed by atoms with Crippen molar-refractivity contribution in [1.29, 1.82) is 0 Å². The molecule has 1 aliphatic carbocycles. The van der Waals surface area contributed by atoms with Gasteiger partial charge in [0.05, 0.1) is 68.3 Å². The molecule has 0 fully saturated rings. The van der Waals surface area contributed by atoms with Gasteiger partial charge in [0.1, 0.15) is 0 Å². The maximum absolute atomic E-state index is 3.39. The lowest BCUT2D eigenvalue weighted by Gasteiger charge is -2.49. The molecule has 12 heteroatoms. The molecule has 0 radical (unpaired) electrons. The number of hydrogen-bond donors (Lipinski definition) is 0. The van der Waals surface area contributed by atoms with Gasteiger partial charge in [-0.25, -0.2) is 0 Å². The molecule has 5 aliphatic heterocycles. The molecule has 0 saturated carbocycles. The van der Waals surface area contributed by atoms with Gasteiger partial charge in [-0.1, -0.05) is 253 Å². The van der Waals surface area contributed by atoms with E-state index in [1.165, 1.54) is 180 Å². The van der Waals surface area contributed by atoms with Crippen molar-refractivity contribution < 1.29 is 0 Å². The molecular weight excluding hydrogens is 1520 g/mol. The van der Waals surface area contributed by atoms with Crippen LogP contribution in [0.15, 0.2) is 413 Å². The van der Waals surface area contributed by atoms with Gasteiger partial charge >= 0.3 is 17.4 Å². The molecular formula is C110H94N10Si2. The first-order valence-corrected chi connectivity index (χ1v) is 46.1. The van der Waals surface area contributed by atoms with Gasteiger partial charge < -0.3 is 46.0 Å². The third kappa shape index (κ3) is 11.9. The van der Waals surface area contributed by atoms with E-state index < -0.39 is 17.4 Å². The fourth-order valence-electron chi connectivity index (χ4n) is 19.7. The summed E-state index contributed by atoms with van der Waals surface area (Å²) in [7, 11) is -6.61. The predicted octanol–water partition coefficient (Wildman–Crippen LogP) is 28.8. The monoisotopic (exact) mass is 1610 g/mol. The lowest BCUT2D eigenvalue weighted by atomic mass is 9.91. The number of para-hydroxylation sites is 11. The molecule has 2 atom stereocenters. The summed E-state index contributed by atoms with van der Waals surface area (Å²) >= 11 is 0. The second-order valence-corrected chi connectivity index (χ2v) is 39.0. The van der Waals surface area contributed by atoms with Crippen LogP contribution in [0.5, 0.6) is 0 Å². The van der Waals surface area contributed by atoms with E-state index in [0.717, 1.165) is 0 Å². The summed E-state index contributed by atoms with van der Waals surface area (Å²) in [5, 5.41) is 2.64. The SMILES string of the molecule is C1=CC2c3ccc4c(c3N(c3ccccc3)C2C=C1)c1ccccc1n4-c1ccccc1.Cc1ccc(N2c3cc(C)c(C)cc3N(c3ccc(C)cc3)[Si]23N(c2ccc(C)cc2)c2cc(C)c(C)cc2N3c2ccc(C)cc2)cc1.c1ccc(N2c3ccccc3N(c3ccccc3)[Si]23N(c2ccccc2)c2ccccc2N3c2ccccc2)cc1. The van der Waals surface area contributed by atoms with Crippen LogP contribution in [-0.4, -0.2) is 28.0 Å². The Labute approximate surface area is 718 Å². The quantitative estimate of drug-likeness (QED) is 0.124. The third-order valence-electron chi connectivity index (χ3n) is 25.4. The number of allylic oxidation sites excluding steroid dienone is 2. The Morgan fingerprint density at radius 2 is 0.492 bits per heavy atom. The molecule has 0 bridgehead atoms. The maximum atomic E-state index is 2.72. The normalized spacial score (nSPS) is 15.8. The van der Waals surface area contributed by atoms with E-state index in [1.54, 1.807) is 0 Å². The Morgan fingerprint density at radius 3 is 0.828 bits per heavy atom. The highest BCUT2D eigenvalue weighted by Gasteiger charge is 2.72. The van der Waals surface area contributed by atoms with Crippen LogP contribution in [0, 0.1) is 55.4 Å². The fourth-order valence-corrected chi connectivity index (χ4v) is 30.1. The molecule has 6 aliphatic rings. The minimum Gasteiger partial charge on any atom is -0.333 e. The molecule has 0 N–H and O–H groups in total. The second kappa shape index (κ2) is 30.4. The Balaban J connectivity index is 0.000000115. The van der Waals surface area contributed by atoms with Crippen molar-refractivity contribution in [1.82, 2.24) is 4.57 Å². The van der Waals surface area contributed by atoms with Gasteiger partial charge in [0.15, 0.2) is 0 Å². The molecule has 2 spiro atoms. The summed E-state index contributed by atoms with van der Waals surface area (Å²) in [4.78, 5) is 2.55. The van der Waals surface area contributed by atoms with E-state index in [0.29, 0.717) is 12.0 Å². The molecule has 0 amide bonds. The average molecular weight is 1610 g/mol. The van der Waals surface area contributed by atoms with Crippen molar-refractivity contribution in [2.45, 2.75) is 67.3 Å². The van der Waals surface area contributed by atoms with Crippen LogP contribution in [0.3, 0.4) is 0 Å². The topological polar surface area (TPSA) is 34.1 Å². The summed E-state index contributed by atoms with van der Waals surface area (Å²) in [6.45, 7) is 17.7. The van der Waals surface area contributed by atoms with Crippen molar-refractivity contribution in [3.63, 3.8) is 0 Å². The van der Waals surface area contributed by atoms with E-state index in [2.05, 4.69) is 514 Å². The molecule has 592 valence electrons. The van der Waals surface area contributed by atoms with Crippen LogP contribution in [0.4, 0.5) is 102 Å². The maximum Gasteiger partial charge on any atom is 0.521 e. The van der Waals surface area contributed by atoms with Crippen LogP contribution in [0.25, 0.3) is 27.5 Å². The second-order valence-electron chi connectivity index (χ2n) is 33.0. The molecule has 16 aromatic carbocycles. The largest absolute Gasteiger partial charge is 0.521 e. The first kappa shape index (κ1) is 74.9. The summed E-state index contributed by atoms with van der Waals surface area (Å²) in [6, 6.07) is 143. The van der Waals surface area contributed by atoms with Crippen molar-refractivity contribution in [2.24, 2.45) is 0 Å². The highest BCUT2D eigenvalue weighted by atomic mass is 28.4. The highest BCUT2D eigenvalue weighted by molar-refractivity contribution is 7.00. The Morgan fingerprint density at radius 1 is 0.221 bits per heavy atom. The number of aromatic nitrogens is 1. The number of hydrogen-bond acceptors (Lipinski definition) is 9. The minimum atomic E-state index is -3.39. The van der Waals surface area contributed by atoms with Crippen LogP contribution in [0.1, 0.15) is 56.0 Å². The van der Waals surface area contributed by atoms with E-state index in [4.69, 9.17) is 0 Å². The van der Waals surface area contributed by atoms with Crippen LogP contribution in [-0.2, 0) is 0 Å². The zero-order valence-corrected chi connectivity index (χ0v) is 71.9. The molecule has 6 heterocycles. The number of fused-ring (bicyclic) bond motifs is 11. The summed E-state index contributed by atoms with van der Waals surface area (Å²) in [6.07, 6.45) is 9.08. The molecule has 2 unspecified atom stereocenters. The summed E-state index contributed by atoms with van der Waals surface area (Å²) in [5.41, 5.74) is 37.0. The number of benzene rings is 16. The first-order chi connectivity index (χ1) is 59.9. The third-order valence-corrected chi connectivity index (χ3v) is 34.2. The van der Waals surface area contributed by atoms with Gasteiger partial charge in [-0.15, -0.1) is 0 Å². The zero-order valence-electron chi connectivity index (χ0n) is 69.9. The van der Waals surface area contributed by atoms with Crippen LogP contribution in [0.2, 0.25) is 0 Å². The first-order valence-electron chi connectivity index (χ1n) is 42.5. The van der Waals surface area contributed by atoms with E-state index in [-0.39, 0.29) is 0 Å². The van der Waals surface area contributed by atoms with Crippen LogP contribution >= 0.6 is 0 Å². The predicted molar refractivity (Wildman–Crippen MR) is 518 cm³/mol. The van der Waals surface area contributed by atoms with Gasteiger partial charge in [0, 0.05) is 73.6 Å². The van der Waals surface area contributed by atoms with Crippen molar-refractivity contribution in [3.8, 4) is 5.69 Å². The van der Waals surface area contributed by atoms with Gasteiger partial charge in [0.2, 0.25) is 0 Å². The Hall–Kier alpha value is -14.6. The molecule has 0 saturated heterocycles. The van der Waals surface area contributed by atoms with Gasteiger partial charge in [0.25, 0.3) is 0 Å². The van der Waals surface area contributed by atoms with Crippen molar-refractivity contribution >= 4 is 142 Å². The molecule has 17 aromatic rings.